The Kier molecular flexibility index (Phi) is 5.48. The first-order valence-electron chi connectivity index (χ1n) is 8.82. The molecule has 0 heterocycles. The van der Waals surface area contributed by atoms with Crippen molar-refractivity contribution in [2.24, 2.45) is 5.41 Å². The molecule has 0 unspecified atom stereocenters. The largest absolute Gasteiger partial charge is 0.507 e. The molecular formula is C22H28O2. The van der Waals surface area contributed by atoms with Crippen LogP contribution in [0.1, 0.15) is 63.6 Å². The van der Waals surface area contributed by atoms with Gasteiger partial charge < -0.3 is 5.11 Å². The summed E-state index contributed by atoms with van der Waals surface area (Å²) >= 11 is 0. The fourth-order valence-corrected chi connectivity index (χ4v) is 3.47. The Balaban J connectivity index is 0.00000100. The maximum Gasteiger partial charge on any atom is 0.163 e. The van der Waals surface area contributed by atoms with Gasteiger partial charge in [-0.2, -0.15) is 0 Å². The predicted octanol–water partition coefficient (Wildman–Crippen LogP) is 5.71. The Morgan fingerprint density at radius 2 is 1.92 bits per heavy atom. The van der Waals surface area contributed by atoms with Crippen LogP contribution in [0, 0.1) is 5.41 Å². The van der Waals surface area contributed by atoms with Crippen LogP contribution in [-0.2, 0) is 11.2 Å². The molecule has 2 nitrogen and oxygen atoms in total. The molecule has 0 radical (unpaired) electrons. The van der Waals surface area contributed by atoms with Crippen molar-refractivity contribution in [1.29, 1.82) is 0 Å². The van der Waals surface area contributed by atoms with Gasteiger partial charge in [0.1, 0.15) is 5.75 Å². The number of benzene rings is 1. The SMILES string of the molecule is C=C1CC(C)(C)CC(=O)/C1=C\c1c(O)ccc2c1C=CCC2.CC. The average molecular weight is 324 g/mol. The molecule has 2 aliphatic rings. The van der Waals surface area contributed by atoms with Crippen molar-refractivity contribution in [3.8, 4) is 5.75 Å². The lowest BCUT2D eigenvalue weighted by Crippen LogP contribution is -2.25. The summed E-state index contributed by atoms with van der Waals surface area (Å²) in [5.41, 5.74) is 4.52. The van der Waals surface area contributed by atoms with Crippen LogP contribution in [0.2, 0.25) is 0 Å². The van der Waals surface area contributed by atoms with E-state index in [0.717, 1.165) is 36.0 Å². The topological polar surface area (TPSA) is 37.3 Å². The predicted molar refractivity (Wildman–Crippen MR) is 102 cm³/mol. The molecular weight excluding hydrogens is 296 g/mol. The number of phenolic OH excluding ortho intramolecular Hbond substituents is 1. The third kappa shape index (κ3) is 3.69. The molecule has 1 aromatic rings. The van der Waals surface area contributed by atoms with Crippen molar-refractivity contribution >= 4 is 17.9 Å². The normalized spacial score (nSPS) is 20.4. The molecule has 1 saturated carbocycles. The number of phenols is 1. The minimum atomic E-state index is -0.0242. The monoisotopic (exact) mass is 324 g/mol. The Hall–Kier alpha value is -2.09. The zero-order chi connectivity index (χ0) is 17.9. The van der Waals surface area contributed by atoms with Crippen molar-refractivity contribution in [3.05, 3.63) is 52.6 Å². The summed E-state index contributed by atoms with van der Waals surface area (Å²) in [4.78, 5) is 12.5. The van der Waals surface area contributed by atoms with Gasteiger partial charge in [0.25, 0.3) is 0 Å². The van der Waals surface area contributed by atoms with E-state index < -0.39 is 0 Å². The van der Waals surface area contributed by atoms with E-state index in [4.69, 9.17) is 0 Å². The van der Waals surface area contributed by atoms with Gasteiger partial charge in [-0.1, -0.05) is 52.5 Å². The van der Waals surface area contributed by atoms with Crippen LogP contribution in [0.5, 0.6) is 5.75 Å². The Morgan fingerprint density at radius 1 is 1.21 bits per heavy atom. The van der Waals surface area contributed by atoms with E-state index in [9.17, 15) is 9.90 Å². The maximum absolute atomic E-state index is 12.5. The molecule has 0 aliphatic heterocycles. The molecule has 1 N–H and O–H groups in total. The standard InChI is InChI=1S/C20H22O2.C2H6/c1-13-11-20(2,3)12-19(22)16(13)10-17-15-7-5-4-6-14(15)8-9-18(17)21;1-2/h5,7-10,21H,1,4,6,11-12H2,2-3H3;1-2H3/b16-10-;. The van der Waals surface area contributed by atoms with Gasteiger partial charge in [0.2, 0.25) is 0 Å². The molecule has 1 aromatic carbocycles. The first-order valence-corrected chi connectivity index (χ1v) is 8.82. The van der Waals surface area contributed by atoms with Gasteiger partial charge >= 0.3 is 0 Å². The molecule has 0 aromatic heterocycles. The minimum absolute atomic E-state index is 0.0242. The first-order chi connectivity index (χ1) is 11.4. The molecule has 2 heteroatoms. The highest BCUT2D eigenvalue weighted by molar-refractivity contribution is 6.05. The number of hydrogen-bond donors (Lipinski definition) is 1. The molecule has 24 heavy (non-hydrogen) atoms. The number of aromatic hydroxyl groups is 1. The van der Waals surface area contributed by atoms with Gasteiger partial charge in [-0.3, -0.25) is 4.79 Å². The average Bonchev–Trinajstić information content (AvgIpc) is 2.53. The van der Waals surface area contributed by atoms with E-state index in [1.54, 1.807) is 6.07 Å². The van der Waals surface area contributed by atoms with E-state index in [0.29, 0.717) is 12.0 Å². The van der Waals surface area contributed by atoms with Crippen LogP contribution in [0.3, 0.4) is 0 Å². The summed E-state index contributed by atoms with van der Waals surface area (Å²) in [5, 5.41) is 10.3. The third-order valence-corrected chi connectivity index (χ3v) is 4.52. The van der Waals surface area contributed by atoms with Crippen molar-refractivity contribution in [2.75, 3.05) is 0 Å². The second-order valence-corrected chi connectivity index (χ2v) is 7.11. The van der Waals surface area contributed by atoms with Crippen molar-refractivity contribution in [2.45, 2.75) is 53.4 Å². The highest BCUT2D eigenvalue weighted by Crippen LogP contribution is 2.40. The van der Waals surface area contributed by atoms with E-state index in [2.05, 4.69) is 26.5 Å². The van der Waals surface area contributed by atoms with Crippen LogP contribution < -0.4 is 0 Å². The van der Waals surface area contributed by atoms with Gasteiger partial charge in [-0.05, 0) is 53.5 Å². The number of allylic oxidation sites excluding steroid dienone is 3. The Labute approximate surface area is 145 Å². The fraction of sp³-hybridized carbons (Fsp3) is 0.409. The first kappa shape index (κ1) is 18.3. The number of rotatable bonds is 1. The number of hydrogen-bond acceptors (Lipinski definition) is 2. The summed E-state index contributed by atoms with van der Waals surface area (Å²) < 4.78 is 0. The van der Waals surface area contributed by atoms with E-state index >= 15 is 0 Å². The summed E-state index contributed by atoms with van der Waals surface area (Å²) in [5.74, 6) is 0.348. The maximum atomic E-state index is 12.5. The molecule has 0 spiro atoms. The van der Waals surface area contributed by atoms with Crippen molar-refractivity contribution < 1.29 is 9.90 Å². The lowest BCUT2D eigenvalue weighted by molar-refractivity contribution is -0.117. The Morgan fingerprint density at radius 3 is 2.58 bits per heavy atom. The summed E-state index contributed by atoms with van der Waals surface area (Å²) in [6.07, 6.45) is 9.34. The quantitative estimate of drug-likeness (QED) is 0.672. The highest BCUT2D eigenvalue weighted by Gasteiger charge is 2.32. The van der Waals surface area contributed by atoms with Crippen LogP contribution in [0.15, 0.2) is 35.9 Å². The Bertz CT molecular complexity index is 696. The number of carbonyl (C=O) groups excluding carboxylic acids is 1. The molecule has 3 rings (SSSR count). The number of Topliss-reactive ketones (excluding diaryl/α,β-unsaturated/α-hetero) is 1. The lowest BCUT2D eigenvalue weighted by Gasteiger charge is -2.31. The van der Waals surface area contributed by atoms with Gasteiger partial charge in [0.15, 0.2) is 5.78 Å². The number of fused-ring (bicyclic) bond motifs is 1. The van der Waals surface area contributed by atoms with E-state index in [1.165, 1.54) is 5.56 Å². The summed E-state index contributed by atoms with van der Waals surface area (Å²) in [6, 6.07) is 3.70. The lowest BCUT2D eigenvalue weighted by atomic mass is 9.72. The molecule has 1 fully saturated rings. The summed E-state index contributed by atoms with van der Waals surface area (Å²) in [7, 11) is 0. The second-order valence-electron chi connectivity index (χ2n) is 7.11. The molecule has 0 amide bonds. The van der Waals surface area contributed by atoms with Crippen molar-refractivity contribution in [1.82, 2.24) is 0 Å². The van der Waals surface area contributed by atoms with E-state index in [-0.39, 0.29) is 16.9 Å². The van der Waals surface area contributed by atoms with Crippen LogP contribution >= 0.6 is 0 Å². The minimum Gasteiger partial charge on any atom is -0.507 e. The zero-order valence-corrected chi connectivity index (χ0v) is 15.3. The van der Waals surface area contributed by atoms with Gasteiger partial charge in [-0.15, -0.1) is 0 Å². The van der Waals surface area contributed by atoms with Crippen LogP contribution in [-0.4, -0.2) is 10.9 Å². The zero-order valence-electron chi connectivity index (χ0n) is 15.3. The van der Waals surface area contributed by atoms with Gasteiger partial charge in [-0.25, -0.2) is 0 Å². The molecule has 2 aliphatic carbocycles. The fourth-order valence-electron chi connectivity index (χ4n) is 3.47. The van der Waals surface area contributed by atoms with E-state index in [1.807, 2.05) is 32.1 Å². The smallest absolute Gasteiger partial charge is 0.163 e. The van der Waals surface area contributed by atoms with Gasteiger partial charge in [0.05, 0.1) is 0 Å². The number of carbonyl (C=O) groups is 1. The second kappa shape index (κ2) is 7.21. The number of ketones is 1. The molecule has 0 bridgehead atoms. The molecule has 128 valence electrons. The summed E-state index contributed by atoms with van der Waals surface area (Å²) in [6.45, 7) is 12.3. The molecule has 0 atom stereocenters. The third-order valence-electron chi connectivity index (χ3n) is 4.52. The number of aryl methyl sites for hydroxylation is 1. The van der Waals surface area contributed by atoms with Crippen LogP contribution in [0.25, 0.3) is 12.2 Å². The highest BCUT2D eigenvalue weighted by atomic mass is 16.3. The van der Waals surface area contributed by atoms with Gasteiger partial charge in [0, 0.05) is 17.6 Å². The van der Waals surface area contributed by atoms with Crippen molar-refractivity contribution in [3.63, 3.8) is 0 Å². The van der Waals surface area contributed by atoms with Crippen LogP contribution in [0.4, 0.5) is 0 Å². The molecule has 0 saturated heterocycles.